The summed E-state index contributed by atoms with van der Waals surface area (Å²) in [6.45, 7) is 9.33. The summed E-state index contributed by atoms with van der Waals surface area (Å²) in [5.41, 5.74) is 3.33. The van der Waals surface area contributed by atoms with Gasteiger partial charge in [-0.15, -0.1) is 0 Å². The molecule has 1 aromatic carbocycles. The summed E-state index contributed by atoms with van der Waals surface area (Å²) in [5, 5.41) is 3.85. The fraction of sp³-hybridized carbons (Fsp3) is 0.667. The molecule has 2 atom stereocenters. The molecule has 1 nitrogen and oxygen atoms in total. The van der Waals surface area contributed by atoms with Crippen LogP contribution in [-0.2, 0) is 6.42 Å². The van der Waals surface area contributed by atoms with Crippen LogP contribution in [0, 0.1) is 12.3 Å². The summed E-state index contributed by atoms with van der Waals surface area (Å²) in [7, 11) is 0. The third kappa shape index (κ3) is 4.07. The maximum absolute atomic E-state index is 3.85. The van der Waals surface area contributed by atoms with Gasteiger partial charge in [-0.05, 0) is 50.5 Å². The first-order valence-corrected chi connectivity index (χ1v) is 7.79. The van der Waals surface area contributed by atoms with Crippen molar-refractivity contribution < 1.29 is 0 Å². The van der Waals surface area contributed by atoms with Crippen LogP contribution in [0.1, 0.15) is 57.6 Å². The van der Waals surface area contributed by atoms with E-state index in [2.05, 4.69) is 57.3 Å². The van der Waals surface area contributed by atoms with Crippen molar-refractivity contribution >= 4 is 0 Å². The zero-order valence-corrected chi connectivity index (χ0v) is 13.0. The highest BCUT2D eigenvalue weighted by atomic mass is 15.0. The zero-order valence-electron chi connectivity index (χ0n) is 13.0. The van der Waals surface area contributed by atoms with Crippen LogP contribution in [0.15, 0.2) is 24.3 Å². The van der Waals surface area contributed by atoms with Crippen molar-refractivity contribution in [1.29, 1.82) is 0 Å². The minimum atomic E-state index is 0.484. The van der Waals surface area contributed by atoms with Crippen molar-refractivity contribution in [3.63, 3.8) is 0 Å². The minimum absolute atomic E-state index is 0.484. The summed E-state index contributed by atoms with van der Waals surface area (Å²) < 4.78 is 0. The minimum Gasteiger partial charge on any atom is -0.311 e. The van der Waals surface area contributed by atoms with Gasteiger partial charge in [-0.25, -0.2) is 0 Å². The van der Waals surface area contributed by atoms with Crippen LogP contribution in [0.25, 0.3) is 0 Å². The van der Waals surface area contributed by atoms with E-state index in [4.69, 9.17) is 0 Å². The van der Waals surface area contributed by atoms with E-state index in [1.54, 1.807) is 0 Å². The van der Waals surface area contributed by atoms with Gasteiger partial charge in [0.05, 0.1) is 0 Å². The van der Waals surface area contributed by atoms with Gasteiger partial charge in [0.2, 0.25) is 0 Å². The fourth-order valence-electron chi connectivity index (χ4n) is 3.31. The monoisotopic (exact) mass is 259 g/mol. The van der Waals surface area contributed by atoms with Crippen LogP contribution in [-0.4, -0.2) is 12.1 Å². The van der Waals surface area contributed by atoms with Gasteiger partial charge >= 0.3 is 0 Å². The van der Waals surface area contributed by atoms with Crippen molar-refractivity contribution in [1.82, 2.24) is 5.32 Å². The summed E-state index contributed by atoms with van der Waals surface area (Å²) in [5.74, 6) is 0. The second-order valence-corrected chi connectivity index (χ2v) is 7.03. The first-order valence-electron chi connectivity index (χ1n) is 7.79. The third-order valence-corrected chi connectivity index (χ3v) is 4.69. The molecule has 1 aromatic rings. The first kappa shape index (κ1) is 14.6. The van der Waals surface area contributed by atoms with Gasteiger partial charge in [0.15, 0.2) is 0 Å². The van der Waals surface area contributed by atoms with Crippen LogP contribution in [0.2, 0.25) is 0 Å². The summed E-state index contributed by atoms with van der Waals surface area (Å²) in [4.78, 5) is 0. The van der Waals surface area contributed by atoms with Crippen molar-refractivity contribution in [3.05, 3.63) is 35.4 Å². The van der Waals surface area contributed by atoms with Crippen molar-refractivity contribution in [2.24, 2.45) is 5.41 Å². The van der Waals surface area contributed by atoms with E-state index < -0.39 is 0 Å². The Kier molecular flexibility index (Phi) is 4.67. The molecule has 2 rings (SSSR count). The highest BCUT2D eigenvalue weighted by molar-refractivity contribution is 5.22. The van der Waals surface area contributed by atoms with Gasteiger partial charge in [0.1, 0.15) is 0 Å². The molecular formula is C18H29N. The Labute approximate surface area is 118 Å². The van der Waals surface area contributed by atoms with Gasteiger partial charge in [0.25, 0.3) is 0 Å². The SMILES string of the molecule is Cc1cccc(CCC(C)NC2CCCC2(C)C)c1. The predicted molar refractivity (Wildman–Crippen MR) is 83.5 cm³/mol. The predicted octanol–water partition coefficient (Wildman–Crippen LogP) is 4.48. The molecule has 106 valence electrons. The fourth-order valence-corrected chi connectivity index (χ4v) is 3.31. The van der Waals surface area contributed by atoms with E-state index in [0.717, 1.165) is 0 Å². The Morgan fingerprint density at radius 1 is 1.37 bits per heavy atom. The summed E-state index contributed by atoms with van der Waals surface area (Å²) in [6.07, 6.45) is 6.52. The Bertz CT molecular complexity index is 408. The van der Waals surface area contributed by atoms with Crippen LogP contribution in [0.4, 0.5) is 0 Å². The van der Waals surface area contributed by atoms with Crippen LogP contribution >= 0.6 is 0 Å². The smallest absolute Gasteiger partial charge is 0.0121 e. The molecule has 19 heavy (non-hydrogen) atoms. The molecule has 0 radical (unpaired) electrons. The lowest BCUT2D eigenvalue weighted by atomic mass is 9.87. The molecule has 2 unspecified atom stereocenters. The molecule has 0 saturated heterocycles. The highest BCUT2D eigenvalue weighted by Gasteiger charge is 2.34. The lowest BCUT2D eigenvalue weighted by Crippen LogP contribution is -2.42. The normalized spacial score (nSPS) is 23.5. The van der Waals surface area contributed by atoms with Crippen LogP contribution in [0.5, 0.6) is 0 Å². The Hall–Kier alpha value is -0.820. The highest BCUT2D eigenvalue weighted by Crippen LogP contribution is 2.37. The standard InChI is InChI=1S/C18H29N/c1-14-7-5-8-16(13-14)11-10-15(2)19-17-9-6-12-18(17,3)4/h5,7-8,13,15,17,19H,6,9-12H2,1-4H3. The number of benzene rings is 1. The van der Waals surface area contributed by atoms with Gasteiger partial charge in [0, 0.05) is 12.1 Å². The zero-order chi connectivity index (χ0) is 13.9. The molecule has 0 spiro atoms. The van der Waals surface area contributed by atoms with E-state index in [1.807, 2.05) is 0 Å². The molecule has 1 N–H and O–H groups in total. The molecule has 1 aliphatic rings. The molecule has 0 amide bonds. The van der Waals surface area contributed by atoms with Gasteiger partial charge < -0.3 is 5.32 Å². The Balaban J connectivity index is 1.80. The quantitative estimate of drug-likeness (QED) is 0.822. The largest absolute Gasteiger partial charge is 0.311 e. The van der Waals surface area contributed by atoms with Gasteiger partial charge in [-0.3, -0.25) is 0 Å². The molecular weight excluding hydrogens is 230 g/mol. The lowest BCUT2D eigenvalue weighted by Gasteiger charge is -2.31. The number of rotatable bonds is 5. The summed E-state index contributed by atoms with van der Waals surface area (Å²) >= 11 is 0. The molecule has 0 bridgehead atoms. The maximum atomic E-state index is 3.85. The van der Waals surface area contributed by atoms with Gasteiger partial charge in [-0.1, -0.05) is 50.1 Å². The third-order valence-electron chi connectivity index (χ3n) is 4.69. The maximum Gasteiger partial charge on any atom is 0.0121 e. The molecule has 0 aliphatic heterocycles. The molecule has 1 heteroatoms. The average molecular weight is 259 g/mol. The Morgan fingerprint density at radius 2 is 2.16 bits per heavy atom. The van der Waals surface area contributed by atoms with Crippen LogP contribution in [0.3, 0.4) is 0 Å². The average Bonchev–Trinajstić information content (AvgIpc) is 2.66. The molecule has 1 fully saturated rings. The van der Waals surface area contributed by atoms with Crippen LogP contribution < -0.4 is 5.32 Å². The van der Waals surface area contributed by atoms with E-state index in [0.29, 0.717) is 17.5 Å². The molecule has 0 heterocycles. The van der Waals surface area contributed by atoms with Gasteiger partial charge in [-0.2, -0.15) is 0 Å². The number of hydrogen-bond donors (Lipinski definition) is 1. The number of hydrogen-bond acceptors (Lipinski definition) is 1. The van der Waals surface area contributed by atoms with Crippen molar-refractivity contribution in [2.75, 3.05) is 0 Å². The molecule has 1 aliphatic carbocycles. The van der Waals surface area contributed by atoms with Crippen molar-refractivity contribution in [3.8, 4) is 0 Å². The van der Waals surface area contributed by atoms with E-state index >= 15 is 0 Å². The second kappa shape index (κ2) is 6.09. The van der Waals surface area contributed by atoms with Crippen molar-refractivity contribution in [2.45, 2.75) is 71.9 Å². The Morgan fingerprint density at radius 3 is 2.79 bits per heavy atom. The molecule has 0 aromatic heterocycles. The van der Waals surface area contributed by atoms with E-state index in [-0.39, 0.29) is 0 Å². The second-order valence-electron chi connectivity index (χ2n) is 7.03. The first-order chi connectivity index (χ1) is 8.97. The number of nitrogens with one attached hydrogen (secondary N) is 1. The lowest BCUT2D eigenvalue weighted by molar-refractivity contribution is 0.261. The van der Waals surface area contributed by atoms with E-state index in [1.165, 1.54) is 43.2 Å². The summed E-state index contributed by atoms with van der Waals surface area (Å²) in [6, 6.07) is 10.2. The topological polar surface area (TPSA) is 12.0 Å². The van der Waals surface area contributed by atoms with E-state index in [9.17, 15) is 0 Å². The number of aryl methyl sites for hydroxylation is 2. The molecule has 1 saturated carbocycles.